The molecule has 92 valence electrons. The van der Waals surface area contributed by atoms with Gasteiger partial charge in [0.05, 0.1) is 6.54 Å². The number of rotatable bonds is 2. The van der Waals surface area contributed by atoms with Crippen molar-refractivity contribution in [3.63, 3.8) is 0 Å². The van der Waals surface area contributed by atoms with Crippen molar-refractivity contribution in [2.45, 2.75) is 25.0 Å². The zero-order valence-corrected chi connectivity index (χ0v) is 10.5. The Kier molecular flexibility index (Phi) is 2.23. The molecule has 0 unspecified atom stereocenters. The Hall–Kier alpha value is -1.86. The van der Waals surface area contributed by atoms with E-state index in [4.69, 9.17) is 4.74 Å². The lowest BCUT2D eigenvalue weighted by atomic mass is 9.87. The van der Waals surface area contributed by atoms with Gasteiger partial charge in [-0.15, -0.1) is 0 Å². The van der Waals surface area contributed by atoms with Crippen molar-refractivity contribution in [3.05, 3.63) is 35.4 Å². The van der Waals surface area contributed by atoms with Crippen LogP contribution in [0.25, 0.3) is 0 Å². The minimum absolute atomic E-state index is 0.592. The lowest BCUT2D eigenvalue weighted by Crippen LogP contribution is -2.37. The zero-order chi connectivity index (χ0) is 12.8. The number of ether oxygens (including phenoxy) is 1. The Balaban J connectivity index is 1.99. The molecule has 0 aromatic heterocycles. The fraction of sp³-hybridized carbons (Fsp3) is 0.429. The smallest absolute Gasteiger partial charge is 0.245 e. The van der Waals surface area contributed by atoms with Crippen LogP contribution in [0.2, 0.25) is 0 Å². The highest BCUT2D eigenvalue weighted by Gasteiger charge is 2.72. The maximum atomic E-state index is 9.47. The Bertz CT molecular complexity index is 557. The number of nitriles is 1. The molecule has 2 heterocycles. The van der Waals surface area contributed by atoms with E-state index in [1.54, 1.807) is 0 Å². The van der Waals surface area contributed by atoms with Crippen LogP contribution in [0.15, 0.2) is 29.3 Å². The van der Waals surface area contributed by atoms with Gasteiger partial charge in [-0.25, -0.2) is 0 Å². The minimum Gasteiger partial charge on any atom is -0.368 e. The molecule has 1 N–H and O–H groups in total. The predicted molar refractivity (Wildman–Crippen MR) is 68.3 cm³/mol. The number of hydrogen-bond donors (Lipinski definition) is 1. The second kappa shape index (κ2) is 3.56. The maximum Gasteiger partial charge on any atom is 0.245 e. The van der Waals surface area contributed by atoms with Crippen LogP contribution in [-0.4, -0.2) is 24.5 Å². The molecule has 1 aromatic carbocycles. The largest absolute Gasteiger partial charge is 0.368 e. The molecule has 1 aromatic rings. The van der Waals surface area contributed by atoms with Crippen LogP contribution >= 0.6 is 0 Å². The summed E-state index contributed by atoms with van der Waals surface area (Å²) in [5.41, 5.74) is 0.692. The Labute approximate surface area is 106 Å². The molecule has 0 amide bonds. The number of epoxide rings is 1. The molecule has 2 aliphatic heterocycles. The molecule has 0 bridgehead atoms. The first-order valence-corrected chi connectivity index (χ1v) is 6.10. The van der Waals surface area contributed by atoms with Gasteiger partial charge >= 0.3 is 0 Å². The molecule has 2 aliphatic rings. The topological polar surface area (TPSA) is 60.7 Å². The molecule has 18 heavy (non-hydrogen) atoms. The summed E-state index contributed by atoms with van der Waals surface area (Å²) in [4.78, 5) is 4.34. The van der Waals surface area contributed by atoms with E-state index in [-0.39, 0.29) is 0 Å². The molecule has 0 aliphatic carbocycles. The van der Waals surface area contributed by atoms with Crippen molar-refractivity contribution < 1.29 is 4.74 Å². The van der Waals surface area contributed by atoms with Gasteiger partial charge in [0, 0.05) is 6.54 Å². The number of nitrogens with zero attached hydrogens (tertiary/aromatic N) is 2. The maximum absolute atomic E-state index is 9.47. The highest BCUT2D eigenvalue weighted by Crippen LogP contribution is 2.56. The quantitative estimate of drug-likeness (QED) is 0.798. The Morgan fingerprint density at radius 2 is 2.11 bits per heavy atom. The summed E-state index contributed by atoms with van der Waals surface area (Å²) < 4.78 is 5.80. The van der Waals surface area contributed by atoms with E-state index in [2.05, 4.69) is 16.4 Å². The minimum atomic E-state index is -0.932. The highest BCUT2D eigenvalue weighted by molar-refractivity contribution is 5.98. The van der Waals surface area contributed by atoms with E-state index in [0.717, 1.165) is 12.1 Å². The summed E-state index contributed by atoms with van der Waals surface area (Å²) in [6.07, 6.45) is 0. The number of aliphatic imine (C=N–C) groups is 1. The molecular weight excluding hydrogens is 226 g/mol. The van der Waals surface area contributed by atoms with E-state index in [1.807, 2.05) is 38.1 Å². The number of benzene rings is 1. The van der Waals surface area contributed by atoms with Crippen molar-refractivity contribution in [1.82, 2.24) is 5.32 Å². The third-order valence-electron chi connectivity index (χ3n) is 3.75. The summed E-state index contributed by atoms with van der Waals surface area (Å²) in [6, 6.07) is 10.4. The molecule has 0 radical (unpaired) electrons. The number of nitrogens with one attached hydrogen (secondary N) is 1. The van der Waals surface area contributed by atoms with Gasteiger partial charge in [-0.3, -0.25) is 4.99 Å². The number of aryl methyl sites for hydroxylation is 1. The summed E-state index contributed by atoms with van der Waals surface area (Å²) in [5.74, 6) is 0.674. The van der Waals surface area contributed by atoms with Crippen molar-refractivity contribution in [2.75, 3.05) is 13.1 Å². The van der Waals surface area contributed by atoms with Crippen LogP contribution in [0, 0.1) is 18.3 Å². The number of amidine groups is 1. The third kappa shape index (κ3) is 1.31. The summed E-state index contributed by atoms with van der Waals surface area (Å²) in [7, 11) is 0. The standard InChI is InChI=1S/C14H15N3O/c1-10-3-5-11(6-4-10)13(2)14(9-15,18-13)12-16-7-8-17-12/h3-6H,7-8H2,1-2H3,(H,16,17)/t13-,14+/m0/s1. The fourth-order valence-corrected chi connectivity index (χ4v) is 2.50. The van der Waals surface area contributed by atoms with Gasteiger partial charge in [0.15, 0.2) is 0 Å². The normalized spacial score (nSPS) is 33.5. The van der Waals surface area contributed by atoms with Crippen molar-refractivity contribution >= 4 is 5.84 Å². The number of hydrogen-bond acceptors (Lipinski definition) is 4. The molecule has 0 saturated carbocycles. The zero-order valence-electron chi connectivity index (χ0n) is 10.5. The summed E-state index contributed by atoms with van der Waals surface area (Å²) in [5, 5.41) is 12.6. The SMILES string of the molecule is Cc1ccc([C@]2(C)O[C@]2(C#N)C2=NCCN2)cc1. The van der Waals surface area contributed by atoms with Crippen LogP contribution in [0.1, 0.15) is 18.1 Å². The molecule has 2 atom stereocenters. The first kappa shape index (κ1) is 11.2. The third-order valence-corrected chi connectivity index (χ3v) is 3.75. The molecule has 3 rings (SSSR count). The van der Waals surface area contributed by atoms with Crippen molar-refractivity contribution in [3.8, 4) is 6.07 Å². The molecule has 4 nitrogen and oxygen atoms in total. The van der Waals surface area contributed by atoms with Gasteiger partial charge < -0.3 is 10.1 Å². The molecule has 1 fully saturated rings. The van der Waals surface area contributed by atoms with Gasteiger partial charge in [-0.2, -0.15) is 5.26 Å². The van der Waals surface area contributed by atoms with Crippen LogP contribution in [0.3, 0.4) is 0 Å². The van der Waals surface area contributed by atoms with Gasteiger partial charge in [-0.05, 0) is 19.4 Å². The highest BCUT2D eigenvalue weighted by atomic mass is 16.6. The van der Waals surface area contributed by atoms with Crippen LogP contribution in [0.4, 0.5) is 0 Å². The Morgan fingerprint density at radius 1 is 1.39 bits per heavy atom. The Morgan fingerprint density at radius 3 is 2.67 bits per heavy atom. The van der Waals surface area contributed by atoms with E-state index in [9.17, 15) is 5.26 Å². The molecular formula is C14H15N3O. The fourth-order valence-electron chi connectivity index (χ4n) is 2.50. The van der Waals surface area contributed by atoms with E-state index in [1.165, 1.54) is 5.56 Å². The first-order chi connectivity index (χ1) is 8.62. The average molecular weight is 241 g/mol. The average Bonchev–Trinajstić information content (AvgIpc) is 2.79. The van der Waals surface area contributed by atoms with Crippen molar-refractivity contribution in [2.24, 2.45) is 4.99 Å². The molecule has 0 spiro atoms. The van der Waals surface area contributed by atoms with E-state index >= 15 is 0 Å². The van der Waals surface area contributed by atoms with Crippen LogP contribution < -0.4 is 5.32 Å². The second-order valence-electron chi connectivity index (χ2n) is 4.95. The molecule has 4 heteroatoms. The summed E-state index contributed by atoms with van der Waals surface area (Å²) in [6.45, 7) is 5.49. The first-order valence-electron chi connectivity index (χ1n) is 6.10. The lowest BCUT2D eigenvalue weighted by molar-refractivity contribution is 0.311. The lowest BCUT2D eigenvalue weighted by Gasteiger charge is -2.11. The van der Waals surface area contributed by atoms with Gasteiger partial charge in [0.2, 0.25) is 5.60 Å². The monoisotopic (exact) mass is 241 g/mol. The van der Waals surface area contributed by atoms with Crippen LogP contribution in [0.5, 0.6) is 0 Å². The van der Waals surface area contributed by atoms with Gasteiger partial charge in [-0.1, -0.05) is 29.8 Å². The van der Waals surface area contributed by atoms with Gasteiger partial charge in [0.1, 0.15) is 17.5 Å². The van der Waals surface area contributed by atoms with E-state index < -0.39 is 11.2 Å². The predicted octanol–water partition coefficient (Wildman–Crippen LogP) is 1.50. The van der Waals surface area contributed by atoms with Gasteiger partial charge in [0.25, 0.3) is 0 Å². The molecule has 1 saturated heterocycles. The van der Waals surface area contributed by atoms with E-state index in [0.29, 0.717) is 12.4 Å². The summed E-state index contributed by atoms with van der Waals surface area (Å²) >= 11 is 0. The second-order valence-corrected chi connectivity index (χ2v) is 4.95. The van der Waals surface area contributed by atoms with Crippen molar-refractivity contribution in [1.29, 1.82) is 5.26 Å². The van der Waals surface area contributed by atoms with Crippen LogP contribution in [-0.2, 0) is 10.3 Å².